The van der Waals surface area contributed by atoms with Gasteiger partial charge in [0, 0.05) is 31.4 Å². The van der Waals surface area contributed by atoms with E-state index in [0.717, 1.165) is 29.4 Å². The van der Waals surface area contributed by atoms with Gasteiger partial charge in [0.05, 0.1) is 11.1 Å². The van der Waals surface area contributed by atoms with Crippen molar-refractivity contribution < 1.29 is 0 Å². The van der Waals surface area contributed by atoms with Crippen molar-refractivity contribution in [1.29, 1.82) is 0 Å². The number of aryl methyl sites for hydroxylation is 2. The van der Waals surface area contributed by atoms with Crippen molar-refractivity contribution in [1.82, 2.24) is 14.3 Å². The van der Waals surface area contributed by atoms with Crippen LogP contribution in [0.1, 0.15) is 30.7 Å². The van der Waals surface area contributed by atoms with E-state index in [1.54, 1.807) is 7.05 Å². The van der Waals surface area contributed by atoms with Crippen LogP contribution in [0.25, 0.3) is 10.8 Å². The van der Waals surface area contributed by atoms with Crippen molar-refractivity contribution in [2.24, 2.45) is 13.0 Å². The van der Waals surface area contributed by atoms with E-state index >= 15 is 0 Å². The standard InChI is InChI=1S/C19H23N3O/c1-13(2)9-18-16-11-22(10-15-8-6-5-7-14(15)3)12-17(16)19(23)21(4)20-18/h5-8,11-13H,9-10H2,1-4H3. The molecule has 4 nitrogen and oxygen atoms in total. The Labute approximate surface area is 136 Å². The fourth-order valence-electron chi connectivity index (χ4n) is 2.98. The Balaban J connectivity index is 2.09. The lowest BCUT2D eigenvalue weighted by atomic mass is 10.1. The van der Waals surface area contributed by atoms with Crippen LogP contribution >= 0.6 is 0 Å². The van der Waals surface area contributed by atoms with Crippen LogP contribution < -0.4 is 5.56 Å². The molecule has 3 aromatic rings. The third kappa shape index (κ3) is 3.07. The Morgan fingerprint density at radius 1 is 1.13 bits per heavy atom. The second-order valence-corrected chi connectivity index (χ2v) is 6.66. The van der Waals surface area contributed by atoms with Gasteiger partial charge in [-0.25, -0.2) is 4.68 Å². The number of rotatable bonds is 4. The van der Waals surface area contributed by atoms with Gasteiger partial charge in [0.15, 0.2) is 0 Å². The molecule has 0 atom stereocenters. The van der Waals surface area contributed by atoms with Crippen molar-refractivity contribution in [3.63, 3.8) is 0 Å². The number of hydrogen-bond acceptors (Lipinski definition) is 2. The molecule has 0 saturated heterocycles. The molecule has 1 aromatic carbocycles. The normalized spacial score (nSPS) is 11.5. The Morgan fingerprint density at radius 2 is 1.83 bits per heavy atom. The molecule has 0 saturated carbocycles. The SMILES string of the molecule is Cc1ccccc1Cn1cc2c(CC(C)C)nn(C)c(=O)c2c1. The van der Waals surface area contributed by atoms with Gasteiger partial charge in [0.25, 0.3) is 5.56 Å². The molecule has 0 unspecified atom stereocenters. The lowest BCUT2D eigenvalue weighted by molar-refractivity contribution is 0.605. The Kier molecular flexibility index (Phi) is 4.07. The summed E-state index contributed by atoms with van der Waals surface area (Å²) in [4.78, 5) is 12.4. The maximum Gasteiger partial charge on any atom is 0.275 e. The fraction of sp³-hybridized carbons (Fsp3) is 0.368. The van der Waals surface area contributed by atoms with Gasteiger partial charge in [-0.3, -0.25) is 4.79 Å². The molecular weight excluding hydrogens is 286 g/mol. The van der Waals surface area contributed by atoms with Crippen LogP contribution in [-0.2, 0) is 20.0 Å². The zero-order valence-corrected chi connectivity index (χ0v) is 14.2. The number of benzene rings is 1. The third-order valence-corrected chi connectivity index (χ3v) is 4.20. The van der Waals surface area contributed by atoms with E-state index < -0.39 is 0 Å². The molecule has 2 heterocycles. The zero-order valence-electron chi connectivity index (χ0n) is 14.2. The number of aromatic nitrogens is 3. The lowest BCUT2D eigenvalue weighted by Crippen LogP contribution is -2.21. The average Bonchev–Trinajstić information content (AvgIpc) is 2.91. The van der Waals surface area contributed by atoms with Gasteiger partial charge in [-0.1, -0.05) is 38.1 Å². The highest BCUT2D eigenvalue weighted by Gasteiger charge is 2.13. The Morgan fingerprint density at radius 3 is 2.52 bits per heavy atom. The predicted molar refractivity (Wildman–Crippen MR) is 93.8 cm³/mol. The summed E-state index contributed by atoms with van der Waals surface area (Å²) in [6.07, 6.45) is 4.89. The molecule has 0 fully saturated rings. The highest BCUT2D eigenvalue weighted by molar-refractivity contribution is 5.83. The number of fused-ring (bicyclic) bond motifs is 1. The molecule has 0 aliphatic carbocycles. The van der Waals surface area contributed by atoms with Crippen molar-refractivity contribution >= 4 is 10.8 Å². The topological polar surface area (TPSA) is 39.8 Å². The van der Waals surface area contributed by atoms with Gasteiger partial charge in [-0.15, -0.1) is 0 Å². The molecule has 120 valence electrons. The van der Waals surface area contributed by atoms with E-state index in [9.17, 15) is 4.79 Å². The molecule has 0 aliphatic heterocycles. The fourth-order valence-corrected chi connectivity index (χ4v) is 2.98. The van der Waals surface area contributed by atoms with E-state index in [-0.39, 0.29) is 5.56 Å². The van der Waals surface area contributed by atoms with Crippen molar-refractivity contribution in [3.05, 3.63) is 63.8 Å². The van der Waals surface area contributed by atoms with Gasteiger partial charge in [0.1, 0.15) is 0 Å². The lowest BCUT2D eigenvalue weighted by Gasteiger charge is -2.07. The molecule has 0 spiro atoms. The average molecular weight is 309 g/mol. The molecule has 0 bridgehead atoms. The smallest absolute Gasteiger partial charge is 0.275 e. The largest absolute Gasteiger partial charge is 0.348 e. The van der Waals surface area contributed by atoms with E-state index in [1.807, 2.05) is 12.3 Å². The van der Waals surface area contributed by atoms with E-state index in [1.165, 1.54) is 15.8 Å². The zero-order chi connectivity index (χ0) is 16.6. The number of hydrogen-bond donors (Lipinski definition) is 0. The summed E-state index contributed by atoms with van der Waals surface area (Å²) in [6.45, 7) is 7.22. The molecule has 0 N–H and O–H groups in total. The summed E-state index contributed by atoms with van der Waals surface area (Å²) < 4.78 is 3.55. The maximum absolute atomic E-state index is 12.4. The van der Waals surface area contributed by atoms with Crippen LogP contribution in [0.5, 0.6) is 0 Å². The molecule has 23 heavy (non-hydrogen) atoms. The molecular formula is C19H23N3O. The monoisotopic (exact) mass is 309 g/mol. The highest BCUT2D eigenvalue weighted by Crippen LogP contribution is 2.19. The van der Waals surface area contributed by atoms with Crippen LogP contribution in [0, 0.1) is 12.8 Å². The molecule has 2 aromatic heterocycles. The van der Waals surface area contributed by atoms with Crippen molar-refractivity contribution in [2.45, 2.75) is 33.7 Å². The second-order valence-electron chi connectivity index (χ2n) is 6.66. The first-order chi connectivity index (χ1) is 11.0. The summed E-state index contributed by atoms with van der Waals surface area (Å²) >= 11 is 0. The maximum atomic E-state index is 12.4. The van der Waals surface area contributed by atoms with Crippen LogP contribution in [0.4, 0.5) is 0 Å². The molecule has 0 amide bonds. The van der Waals surface area contributed by atoms with Gasteiger partial charge < -0.3 is 4.57 Å². The highest BCUT2D eigenvalue weighted by atomic mass is 16.1. The van der Waals surface area contributed by atoms with Crippen LogP contribution in [-0.4, -0.2) is 14.3 Å². The van der Waals surface area contributed by atoms with Crippen LogP contribution in [0.3, 0.4) is 0 Å². The first-order valence-corrected chi connectivity index (χ1v) is 8.06. The van der Waals surface area contributed by atoms with Crippen LogP contribution in [0.2, 0.25) is 0 Å². The summed E-state index contributed by atoms with van der Waals surface area (Å²) in [7, 11) is 1.73. The van der Waals surface area contributed by atoms with E-state index in [2.05, 4.69) is 54.8 Å². The minimum atomic E-state index is -0.0314. The summed E-state index contributed by atoms with van der Waals surface area (Å²) in [6, 6.07) is 8.34. The quantitative estimate of drug-likeness (QED) is 0.742. The predicted octanol–water partition coefficient (Wildman–Crippen LogP) is 3.29. The minimum Gasteiger partial charge on any atom is -0.348 e. The summed E-state index contributed by atoms with van der Waals surface area (Å²) in [5.41, 5.74) is 3.50. The second kappa shape index (κ2) is 6.03. The first-order valence-electron chi connectivity index (χ1n) is 8.06. The Hall–Kier alpha value is -2.36. The minimum absolute atomic E-state index is 0.0314. The Bertz CT molecular complexity index is 903. The molecule has 4 heteroatoms. The van der Waals surface area contributed by atoms with Crippen LogP contribution in [0.15, 0.2) is 41.5 Å². The summed E-state index contributed by atoms with van der Waals surface area (Å²) in [5.74, 6) is 0.503. The number of nitrogens with zero attached hydrogens (tertiary/aromatic N) is 3. The van der Waals surface area contributed by atoms with Gasteiger partial charge >= 0.3 is 0 Å². The van der Waals surface area contributed by atoms with Crippen molar-refractivity contribution in [3.8, 4) is 0 Å². The molecule has 3 rings (SSSR count). The van der Waals surface area contributed by atoms with Gasteiger partial charge in [-0.2, -0.15) is 5.10 Å². The molecule has 0 aliphatic rings. The molecule has 0 radical (unpaired) electrons. The first kappa shape index (κ1) is 15.5. The third-order valence-electron chi connectivity index (χ3n) is 4.20. The van der Waals surface area contributed by atoms with Gasteiger partial charge in [-0.05, 0) is 30.4 Å². The van der Waals surface area contributed by atoms with Gasteiger partial charge in [0.2, 0.25) is 0 Å². The van der Waals surface area contributed by atoms with E-state index in [0.29, 0.717) is 5.92 Å². The van der Waals surface area contributed by atoms with E-state index in [4.69, 9.17) is 0 Å². The van der Waals surface area contributed by atoms with Crippen molar-refractivity contribution in [2.75, 3.05) is 0 Å². The summed E-state index contributed by atoms with van der Waals surface area (Å²) in [5, 5.41) is 6.21.